The van der Waals surface area contributed by atoms with E-state index in [-0.39, 0.29) is 17.8 Å². The SMILES string of the molecule is Cc1cccc(N[C@H](c2ccc(F)cc2)[C@@H]2CCCC2=O)c1. The van der Waals surface area contributed by atoms with Crippen molar-refractivity contribution in [3.63, 3.8) is 0 Å². The molecule has 1 saturated carbocycles. The molecule has 1 aliphatic carbocycles. The average molecular weight is 297 g/mol. The lowest BCUT2D eigenvalue weighted by molar-refractivity contribution is -0.121. The molecule has 1 N–H and O–H groups in total. The number of carbonyl (C=O) groups is 1. The van der Waals surface area contributed by atoms with Crippen LogP contribution in [0.25, 0.3) is 0 Å². The van der Waals surface area contributed by atoms with E-state index in [0.717, 1.165) is 24.1 Å². The van der Waals surface area contributed by atoms with Crippen LogP contribution < -0.4 is 5.32 Å². The number of hydrogen-bond donors (Lipinski definition) is 1. The lowest BCUT2D eigenvalue weighted by Gasteiger charge is -2.25. The molecule has 0 spiro atoms. The largest absolute Gasteiger partial charge is 0.377 e. The van der Waals surface area contributed by atoms with E-state index < -0.39 is 0 Å². The smallest absolute Gasteiger partial charge is 0.138 e. The number of halogens is 1. The fourth-order valence-electron chi connectivity index (χ4n) is 3.20. The van der Waals surface area contributed by atoms with Gasteiger partial charge < -0.3 is 5.32 Å². The Kier molecular flexibility index (Phi) is 4.23. The van der Waals surface area contributed by atoms with Gasteiger partial charge in [0.2, 0.25) is 0 Å². The van der Waals surface area contributed by atoms with Gasteiger partial charge in [-0.2, -0.15) is 0 Å². The summed E-state index contributed by atoms with van der Waals surface area (Å²) in [5, 5.41) is 3.48. The van der Waals surface area contributed by atoms with E-state index >= 15 is 0 Å². The highest BCUT2D eigenvalue weighted by molar-refractivity contribution is 5.84. The number of rotatable bonds is 4. The Labute approximate surface area is 130 Å². The second-order valence-corrected chi connectivity index (χ2v) is 6.01. The Morgan fingerprint density at radius 3 is 2.59 bits per heavy atom. The molecule has 2 nitrogen and oxygen atoms in total. The normalized spacial score (nSPS) is 19.2. The van der Waals surface area contributed by atoms with E-state index in [0.29, 0.717) is 12.2 Å². The quantitative estimate of drug-likeness (QED) is 0.889. The summed E-state index contributed by atoms with van der Waals surface area (Å²) in [6.07, 6.45) is 2.48. The number of benzene rings is 2. The van der Waals surface area contributed by atoms with Crippen LogP contribution in [-0.4, -0.2) is 5.78 Å². The second-order valence-electron chi connectivity index (χ2n) is 6.01. The molecule has 0 amide bonds. The molecular weight excluding hydrogens is 277 g/mol. The van der Waals surface area contributed by atoms with Gasteiger partial charge in [0.05, 0.1) is 6.04 Å². The highest BCUT2D eigenvalue weighted by Crippen LogP contribution is 2.36. The Hall–Kier alpha value is -2.16. The van der Waals surface area contributed by atoms with E-state index in [1.165, 1.54) is 17.7 Å². The minimum atomic E-state index is -0.254. The maximum atomic E-state index is 13.2. The van der Waals surface area contributed by atoms with Gasteiger partial charge in [-0.05, 0) is 55.2 Å². The van der Waals surface area contributed by atoms with E-state index in [2.05, 4.69) is 11.4 Å². The lowest BCUT2D eigenvalue weighted by atomic mass is 9.90. The van der Waals surface area contributed by atoms with Gasteiger partial charge in [-0.1, -0.05) is 24.3 Å². The molecule has 22 heavy (non-hydrogen) atoms. The van der Waals surface area contributed by atoms with E-state index in [4.69, 9.17) is 0 Å². The van der Waals surface area contributed by atoms with Gasteiger partial charge in [0, 0.05) is 18.0 Å². The van der Waals surface area contributed by atoms with Gasteiger partial charge in [-0.25, -0.2) is 4.39 Å². The summed E-state index contributed by atoms with van der Waals surface area (Å²) in [4.78, 5) is 12.2. The van der Waals surface area contributed by atoms with Crippen molar-refractivity contribution in [2.75, 3.05) is 5.32 Å². The van der Waals surface area contributed by atoms with Crippen LogP contribution in [0, 0.1) is 18.7 Å². The zero-order valence-corrected chi connectivity index (χ0v) is 12.7. The molecule has 0 unspecified atom stereocenters. The van der Waals surface area contributed by atoms with E-state index in [1.807, 2.05) is 25.1 Å². The topological polar surface area (TPSA) is 29.1 Å². The maximum absolute atomic E-state index is 13.2. The van der Waals surface area contributed by atoms with Gasteiger partial charge in [0.15, 0.2) is 0 Å². The molecule has 0 heterocycles. The number of carbonyl (C=O) groups excluding carboxylic acids is 1. The molecule has 2 aromatic rings. The van der Waals surface area contributed by atoms with Gasteiger partial charge in [-0.3, -0.25) is 4.79 Å². The van der Waals surface area contributed by atoms with Crippen molar-refractivity contribution in [2.45, 2.75) is 32.2 Å². The first-order chi connectivity index (χ1) is 10.6. The number of Topliss-reactive ketones (excluding diaryl/α,β-unsaturated/α-hetero) is 1. The second kappa shape index (κ2) is 6.30. The summed E-state index contributed by atoms with van der Waals surface area (Å²) in [6, 6.07) is 14.5. The molecular formula is C19H20FNO. The minimum absolute atomic E-state index is 0.0361. The molecule has 1 aliphatic rings. The molecule has 3 heteroatoms. The van der Waals surface area contributed by atoms with Crippen LogP contribution in [0.5, 0.6) is 0 Å². The molecule has 0 aliphatic heterocycles. The Bertz CT molecular complexity index is 665. The number of ketones is 1. The zero-order valence-electron chi connectivity index (χ0n) is 12.7. The predicted molar refractivity (Wildman–Crippen MR) is 86.3 cm³/mol. The molecule has 0 radical (unpaired) electrons. The first-order valence-electron chi connectivity index (χ1n) is 7.75. The van der Waals surface area contributed by atoms with Crippen molar-refractivity contribution in [2.24, 2.45) is 5.92 Å². The Morgan fingerprint density at radius 1 is 1.18 bits per heavy atom. The van der Waals surface area contributed by atoms with Gasteiger partial charge in [0.1, 0.15) is 11.6 Å². The standard InChI is InChI=1S/C19H20FNO/c1-13-4-2-5-16(12-13)21-19(17-6-3-7-18(17)22)14-8-10-15(20)11-9-14/h2,4-5,8-12,17,19,21H,3,6-7H2,1H3/t17-,19-/m1/s1. The van der Waals surface area contributed by atoms with Crippen LogP contribution in [0.15, 0.2) is 48.5 Å². The van der Waals surface area contributed by atoms with E-state index in [1.54, 1.807) is 12.1 Å². The van der Waals surface area contributed by atoms with Gasteiger partial charge in [-0.15, -0.1) is 0 Å². The summed E-state index contributed by atoms with van der Waals surface area (Å²) < 4.78 is 13.2. The van der Waals surface area contributed by atoms with Crippen LogP contribution in [0.2, 0.25) is 0 Å². The molecule has 2 atom stereocenters. The minimum Gasteiger partial charge on any atom is -0.377 e. The number of anilines is 1. The highest BCUT2D eigenvalue weighted by atomic mass is 19.1. The lowest BCUT2D eigenvalue weighted by Crippen LogP contribution is -2.24. The van der Waals surface area contributed by atoms with E-state index in [9.17, 15) is 9.18 Å². The van der Waals surface area contributed by atoms with Crippen molar-refractivity contribution in [3.05, 3.63) is 65.5 Å². The van der Waals surface area contributed by atoms with Gasteiger partial charge >= 0.3 is 0 Å². The summed E-state index contributed by atoms with van der Waals surface area (Å²) in [5.41, 5.74) is 3.12. The molecule has 0 aromatic heterocycles. The summed E-state index contributed by atoms with van der Waals surface area (Å²) in [5.74, 6) is 0.0104. The van der Waals surface area contributed by atoms with Crippen LogP contribution in [0.4, 0.5) is 10.1 Å². The van der Waals surface area contributed by atoms with Crippen molar-refractivity contribution in [1.82, 2.24) is 0 Å². The first-order valence-corrected chi connectivity index (χ1v) is 7.75. The van der Waals surface area contributed by atoms with Crippen molar-refractivity contribution in [3.8, 4) is 0 Å². The van der Waals surface area contributed by atoms with Crippen molar-refractivity contribution in [1.29, 1.82) is 0 Å². The number of aryl methyl sites for hydroxylation is 1. The average Bonchev–Trinajstić information content (AvgIpc) is 2.92. The van der Waals surface area contributed by atoms with Crippen LogP contribution in [0.3, 0.4) is 0 Å². The first kappa shape index (κ1) is 14.8. The fraction of sp³-hybridized carbons (Fsp3) is 0.316. The molecule has 0 saturated heterocycles. The summed E-state index contributed by atoms with van der Waals surface area (Å²) in [7, 11) is 0. The molecule has 3 rings (SSSR count). The van der Waals surface area contributed by atoms with Crippen LogP contribution in [0.1, 0.15) is 36.4 Å². The molecule has 0 bridgehead atoms. The van der Waals surface area contributed by atoms with Gasteiger partial charge in [0.25, 0.3) is 0 Å². The monoisotopic (exact) mass is 297 g/mol. The predicted octanol–water partition coefficient (Wildman–Crippen LogP) is 4.66. The molecule has 1 fully saturated rings. The molecule has 2 aromatic carbocycles. The Morgan fingerprint density at radius 2 is 1.95 bits per heavy atom. The van der Waals surface area contributed by atoms with Crippen LogP contribution >= 0.6 is 0 Å². The zero-order chi connectivity index (χ0) is 15.5. The third kappa shape index (κ3) is 3.19. The van der Waals surface area contributed by atoms with Crippen LogP contribution in [-0.2, 0) is 4.79 Å². The number of nitrogens with one attached hydrogen (secondary N) is 1. The third-order valence-corrected chi connectivity index (χ3v) is 4.32. The summed E-state index contributed by atoms with van der Waals surface area (Å²) in [6.45, 7) is 2.04. The number of hydrogen-bond acceptors (Lipinski definition) is 2. The maximum Gasteiger partial charge on any atom is 0.138 e. The fourth-order valence-corrected chi connectivity index (χ4v) is 3.20. The van der Waals surface area contributed by atoms with Crippen molar-refractivity contribution < 1.29 is 9.18 Å². The highest BCUT2D eigenvalue weighted by Gasteiger charge is 2.33. The molecule has 114 valence electrons. The Balaban J connectivity index is 1.92. The third-order valence-electron chi connectivity index (χ3n) is 4.32. The van der Waals surface area contributed by atoms with Crippen molar-refractivity contribution >= 4 is 11.5 Å². The summed E-state index contributed by atoms with van der Waals surface area (Å²) >= 11 is 0.